The number of methoxy groups -OCH3 is 1. The first-order valence-electron chi connectivity index (χ1n) is 9.85. The number of anilines is 1. The fourth-order valence-electron chi connectivity index (χ4n) is 4.24. The number of fused-ring (bicyclic) bond motifs is 1. The summed E-state index contributed by atoms with van der Waals surface area (Å²) in [6, 6.07) is 12.6. The molecule has 0 aliphatic carbocycles. The predicted molar refractivity (Wildman–Crippen MR) is 110 cm³/mol. The zero-order chi connectivity index (χ0) is 18.8. The molecule has 142 valence electrons. The number of aromatic nitrogens is 2. The van der Waals surface area contributed by atoms with Gasteiger partial charge in [-0.05, 0) is 50.1 Å². The highest BCUT2D eigenvalue weighted by atomic mass is 16.5. The van der Waals surface area contributed by atoms with E-state index in [1.54, 1.807) is 7.11 Å². The summed E-state index contributed by atoms with van der Waals surface area (Å²) >= 11 is 0. The van der Waals surface area contributed by atoms with Crippen molar-refractivity contribution in [3.8, 4) is 17.0 Å². The van der Waals surface area contributed by atoms with Crippen LogP contribution in [-0.2, 0) is 6.54 Å². The van der Waals surface area contributed by atoms with Crippen LogP contribution in [0.5, 0.6) is 5.75 Å². The van der Waals surface area contributed by atoms with Crippen LogP contribution in [0.1, 0.15) is 38.3 Å². The van der Waals surface area contributed by atoms with E-state index in [4.69, 9.17) is 15.5 Å². The molecule has 1 aliphatic rings. The third kappa shape index (κ3) is 3.39. The molecule has 27 heavy (non-hydrogen) atoms. The number of hydrogen-bond donors (Lipinski definition) is 1. The van der Waals surface area contributed by atoms with Crippen LogP contribution in [0, 0.1) is 0 Å². The first-order valence-corrected chi connectivity index (χ1v) is 9.85. The average Bonchev–Trinajstić information content (AvgIpc) is 3.06. The Morgan fingerprint density at radius 2 is 2.04 bits per heavy atom. The quantitative estimate of drug-likeness (QED) is 0.731. The molecule has 0 saturated carbocycles. The number of pyridine rings is 1. The van der Waals surface area contributed by atoms with Gasteiger partial charge in [-0.25, -0.2) is 4.98 Å². The number of nitrogens with two attached hydrogens (primary N) is 1. The van der Waals surface area contributed by atoms with Crippen molar-refractivity contribution in [1.29, 1.82) is 0 Å². The summed E-state index contributed by atoms with van der Waals surface area (Å²) in [5.74, 6) is 0.848. The van der Waals surface area contributed by atoms with Gasteiger partial charge in [0.1, 0.15) is 11.4 Å². The molecule has 1 saturated heterocycles. The van der Waals surface area contributed by atoms with E-state index in [0.29, 0.717) is 6.04 Å². The van der Waals surface area contributed by atoms with Crippen LogP contribution in [0.15, 0.2) is 42.6 Å². The number of benzene rings is 1. The Hall–Kier alpha value is -2.53. The molecule has 0 spiro atoms. The van der Waals surface area contributed by atoms with E-state index in [9.17, 15) is 0 Å². The van der Waals surface area contributed by atoms with Crippen LogP contribution >= 0.6 is 0 Å². The summed E-state index contributed by atoms with van der Waals surface area (Å²) in [7, 11) is 1.71. The Morgan fingerprint density at radius 1 is 1.19 bits per heavy atom. The minimum absolute atomic E-state index is 0.635. The Labute approximate surface area is 160 Å². The molecule has 5 heteroatoms. The molecule has 4 rings (SSSR count). The monoisotopic (exact) mass is 364 g/mol. The summed E-state index contributed by atoms with van der Waals surface area (Å²) in [5.41, 5.74) is 11.0. The Morgan fingerprint density at radius 3 is 2.85 bits per heavy atom. The van der Waals surface area contributed by atoms with Gasteiger partial charge in [-0.15, -0.1) is 0 Å². The fourth-order valence-corrected chi connectivity index (χ4v) is 4.24. The zero-order valence-electron chi connectivity index (χ0n) is 16.2. The third-order valence-corrected chi connectivity index (χ3v) is 5.68. The summed E-state index contributed by atoms with van der Waals surface area (Å²) < 4.78 is 7.77. The SMILES string of the molecule is CCC1CCCCN1Cc1c(-c2ccccc2OC)nc2ccc(N)cn12. The average molecular weight is 364 g/mol. The molecule has 1 atom stereocenters. The largest absolute Gasteiger partial charge is 0.496 e. The second-order valence-electron chi connectivity index (χ2n) is 7.33. The maximum atomic E-state index is 6.10. The van der Waals surface area contributed by atoms with Crippen molar-refractivity contribution in [2.24, 2.45) is 0 Å². The van der Waals surface area contributed by atoms with Crippen molar-refractivity contribution in [2.75, 3.05) is 19.4 Å². The first kappa shape index (κ1) is 17.9. The van der Waals surface area contributed by atoms with Crippen molar-refractivity contribution in [2.45, 2.75) is 45.2 Å². The van der Waals surface area contributed by atoms with Gasteiger partial charge in [0.05, 0.1) is 18.5 Å². The van der Waals surface area contributed by atoms with E-state index in [2.05, 4.69) is 22.3 Å². The van der Waals surface area contributed by atoms with Crippen molar-refractivity contribution in [1.82, 2.24) is 14.3 Å². The molecule has 0 amide bonds. The van der Waals surface area contributed by atoms with Crippen LogP contribution < -0.4 is 10.5 Å². The number of para-hydroxylation sites is 1. The van der Waals surface area contributed by atoms with E-state index in [1.165, 1.54) is 31.4 Å². The lowest BCUT2D eigenvalue weighted by atomic mass is 9.99. The molecule has 1 aliphatic heterocycles. The molecular formula is C22H28N4O. The van der Waals surface area contributed by atoms with Gasteiger partial charge in [0, 0.05) is 30.0 Å². The van der Waals surface area contributed by atoms with Gasteiger partial charge in [0.15, 0.2) is 0 Å². The number of imidazole rings is 1. The lowest BCUT2D eigenvalue weighted by molar-refractivity contribution is 0.134. The second kappa shape index (κ2) is 7.61. The van der Waals surface area contributed by atoms with Gasteiger partial charge < -0.3 is 14.9 Å². The number of ether oxygens (including phenoxy) is 1. The van der Waals surface area contributed by atoms with Crippen molar-refractivity contribution >= 4 is 11.3 Å². The molecule has 1 aromatic carbocycles. The maximum absolute atomic E-state index is 6.10. The molecule has 3 heterocycles. The van der Waals surface area contributed by atoms with Crippen molar-refractivity contribution < 1.29 is 4.74 Å². The molecular weight excluding hydrogens is 336 g/mol. The molecule has 1 fully saturated rings. The summed E-state index contributed by atoms with van der Waals surface area (Å²) in [6.07, 6.45) is 7.04. The number of hydrogen-bond acceptors (Lipinski definition) is 4. The second-order valence-corrected chi connectivity index (χ2v) is 7.33. The van der Waals surface area contributed by atoms with Gasteiger partial charge in [-0.1, -0.05) is 25.5 Å². The topological polar surface area (TPSA) is 55.8 Å². The normalized spacial score (nSPS) is 18.1. The lowest BCUT2D eigenvalue weighted by Gasteiger charge is -2.35. The zero-order valence-corrected chi connectivity index (χ0v) is 16.2. The minimum atomic E-state index is 0.635. The summed E-state index contributed by atoms with van der Waals surface area (Å²) in [5, 5.41) is 0. The van der Waals surface area contributed by atoms with E-state index < -0.39 is 0 Å². The van der Waals surface area contributed by atoms with Crippen molar-refractivity contribution in [3.05, 3.63) is 48.3 Å². The highest BCUT2D eigenvalue weighted by Crippen LogP contribution is 2.34. The molecule has 0 radical (unpaired) electrons. The smallest absolute Gasteiger partial charge is 0.137 e. The van der Waals surface area contributed by atoms with E-state index in [1.807, 2.05) is 36.5 Å². The number of likely N-dealkylation sites (tertiary alicyclic amines) is 1. The van der Waals surface area contributed by atoms with Gasteiger partial charge >= 0.3 is 0 Å². The van der Waals surface area contributed by atoms with Crippen LogP contribution in [-0.4, -0.2) is 34.0 Å². The van der Waals surface area contributed by atoms with Crippen LogP contribution in [0.3, 0.4) is 0 Å². The van der Waals surface area contributed by atoms with Gasteiger partial charge in [-0.2, -0.15) is 0 Å². The Bertz CT molecular complexity index is 933. The molecule has 3 aromatic rings. The Kier molecular flexibility index (Phi) is 5.03. The van der Waals surface area contributed by atoms with E-state index >= 15 is 0 Å². The van der Waals surface area contributed by atoms with Crippen LogP contribution in [0.2, 0.25) is 0 Å². The molecule has 1 unspecified atom stereocenters. The lowest BCUT2D eigenvalue weighted by Crippen LogP contribution is -2.38. The van der Waals surface area contributed by atoms with Crippen LogP contribution in [0.4, 0.5) is 5.69 Å². The Balaban J connectivity index is 1.85. The minimum Gasteiger partial charge on any atom is -0.496 e. The predicted octanol–water partition coefficient (Wildman–Crippen LogP) is 4.36. The fraction of sp³-hybridized carbons (Fsp3) is 0.409. The number of nitrogen functional groups attached to an aromatic ring is 1. The number of rotatable bonds is 5. The standard InChI is InChI=1S/C22H28N4O/c1-3-17-8-6-7-13-25(17)15-19-22(18-9-4-5-10-20(18)27-2)24-21-12-11-16(23)14-26(19)21/h4-5,9-12,14,17H,3,6-8,13,15,23H2,1-2H3. The molecule has 0 bridgehead atoms. The number of nitrogens with zero attached hydrogens (tertiary/aromatic N) is 3. The first-order chi connectivity index (χ1) is 13.2. The molecule has 2 N–H and O–H groups in total. The van der Waals surface area contributed by atoms with Gasteiger partial charge in [-0.3, -0.25) is 4.90 Å². The highest BCUT2D eigenvalue weighted by molar-refractivity contribution is 5.72. The highest BCUT2D eigenvalue weighted by Gasteiger charge is 2.25. The summed E-state index contributed by atoms with van der Waals surface area (Å²) in [6.45, 7) is 4.30. The van der Waals surface area contributed by atoms with E-state index in [-0.39, 0.29) is 0 Å². The van der Waals surface area contributed by atoms with Gasteiger partial charge in [0.2, 0.25) is 0 Å². The number of piperidine rings is 1. The van der Waals surface area contributed by atoms with Crippen molar-refractivity contribution in [3.63, 3.8) is 0 Å². The molecule has 2 aromatic heterocycles. The van der Waals surface area contributed by atoms with E-state index in [0.717, 1.165) is 41.4 Å². The van der Waals surface area contributed by atoms with Gasteiger partial charge in [0.25, 0.3) is 0 Å². The van der Waals surface area contributed by atoms with Crippen LogP contribution in [0.25, 0.3) is 16.9 Å². The third-order valence-electron chi connectivity index (χ3n) is 5.68. The molecule has 5 nitrogen and oxygen atoms in total. The maximum Gasteiger partial charge on any atom is 0.137 e. The summed E-state index contributed by atoms with van der Waals surface area (Å²) in [4.78, 5) is 7.56.